The van der Waals surface area contributed by atoms with Crippen molar-refractivity contribution in [3.05, 3.63) is 36.2 Å². The number of benzene rings is 1. The molecule has 2 saturated carbocycles. The van der Waals surface area contributed by atoms with Crippen LogP contribution in [-0.2, 0) is 11.3 Å². The van der Waals surface area contributed by atoms with Crippen LogP contribution in [0.4, 0.5) is 0 Å². The third-order valence-corrected chi connectivity index (χ3v) is 9.03. The third kappa shape index (κ3) is 5.14. The van der Waals surface area contributed by atoms with E-state index in [0.29, 0.717) is 5.92 Å². The first-order chi connectivity index (χ1) is 16.1. The highest BCUT2D eigenvalue weighted by atomic mass is 32.2. The summed E-state index contributed by atoms with van der Waals surface area (Å²) in [5.74, 6) is 3.42. The number of hydrogen-bond acceptors (Lipinski definition) is 5. The topological polar surface area (TPSA) is 63.1 Å². The number of thioether (sulfide) groups is 1. The average molecular weight is 468 g/mol. The monoisotopic (exact) mass is 467 g/mol. The maximum Gasteiger partial charge on any atom is 0.233 e. The Labute approximate surface area is 201 Å². The second-order valence-electron chi connectivity index (χ2n) is 10.3. The molecule has 2 aliphatic carbocycles. The minimum atomic E-state index is -0.222. The molecule has 2 aromatic rings. The molecule has 1 aromatic carbocycles. The zero-order chi connectivity index (χ0) is 22.8. The van der Waals surface area contributed by atoms with Crippen molar-refractivity contribution in [3.63, 3.8) is 0 Å². The first-order valence-electron chi connectivity index (χ1n) is 12.8. The number of carbonyl (C=O) groups is 1. The van der Waals surface area contributed by atoms with E-state index in [1.165, 1.54) is 56.7 Å². The van der Waals surface area contributed by atoms with Crippen LogP contribution in [0.3, 0.4) is 0 Å². The first kappa shape index (κ1) is 22.9. The lowest BCUT2D eigenvalue weighted by atomic mass is 9.84. The molecule has 178 valence electrons. The molecule has 1 saturated heterocycles. The van der Waals surface area contributed by atoms with Gasteiger partial charge in [0.1, 0.15) is 0 Å². The van der Waals surface area contributed by atoms with Crippen molar-refractivity contribution in [2.75, 3.05) is 13.1 Å². The number of hydrogen-bond donors (Lipinski definition) is 1. The van der Waals surface area contributed by atoms with E-state index in [9.17, 15) is 4.79 Å². The molecule has 0 radical (unpaired) electrons. The van der Waals surface area contributed by atoms with Gasteiger partial charge in [-0.05, 0) is 88.9 Å². The quantitative estimate of drug-likeness (QED) is 0.572. The van der Waals surface area contributed by atoms with Crippen LogP contribution in [0.25, 0.3) is 5.69 Å². The number of carbonyl (C=O) groups excluding carboxylic acids is 1. The Bertz CT molecular complexity index is 941. The van der Waals surface area contributed by atoms with E-state index in [1.807, 2.05) is 25.1 Å². The number of nitrogens with one attached hydrogen (secondary N) is 1. The van der Waals surface area contributed by atoms with E-state index < -0.39 is 0 Å². The van der Waals surface area contributed by atoms with Gasteiger partial charge >= 0.3 is 0 Å². The summed E-state index contributed by atoms with van der Waals surface area (Å²) in [4.78, 5) is 15.6. The van der Waals surface area contributed by atoms with Crippen molar-refractivity contribution in [1.29, 1.82) is 0 Å². The minimum absolute atomic E-state index is 0.107. The van der Waals surface area contributed by atoms with Crippen molar-refractivity contribution in [2.24, 2.45) is 17.8 Å². The van der Waals surface area contributed by atoms with E-state index in [-0.39, 0.29) is 17.2 Å². The van der Waals surface area contributed by atoms with E-state index in [1.54, 1.807) is 0 Å². The molecule has 1 N–H and O–H groups in total. The molecule has 1 amide bonds. The Morgan fingerprint density at radius 1 is 1.09 bits per heavy atom. The molecule has 2 heterocycles. The van der Waals surface area contributed by atoms with Crippen LogP contribution in [0.1, 0.15) is 64.6 Å². The number of piperidine rings is 1. The lowest BCUT2D eigenvalue weighted by molar-refractivity contribution is -0.121. The molecule has 1 aliphatic heterocycles. The number of amides is 1. The molecule has 5 atom stereocenters. The Hall–Kier alpha value is -1.86. The van der Waals surface area contributed by atoms with Gasteiger partial charge in [0.15, 0.2) is 11.0 Å². The van der Waals surface area contributed by atoms with Crippen LogP contribution in [-0.4, -0.2) is 50.0 Å². The fourth-order valence-corrected chi connectivity index (χ4v) is 7.10. The van der Waals surface area contributed by atoms with Gasteiger partial charge in [-0.3, -0.25) is 14.3 Å². The van der Waals surface area contributed by atoms with Crippen LogP contribution < -0.4 is 5.32 Å². The molecule has 7 heteroatoms. The van der Waals surface area contributed by atoms with Crippen molar-refractivity contribution in [1.82, 2.24) is 25.0 Å². The predicted octanol–water partition coefficient (Wildman–Crippen LogP) is 4.67. The summed E-state index contributed by atoms with van der Waals surface area (Å²) in [5.41, 5.74) is 1.06. The van der Waals surface area contributed by atoms with Gasteiger partial charge in [-0.2, -0.15) is 0 Å². The van der Waals surface area contributed by atoms with Gasteiger partial charge in [0.05, 0.1) is 11.8 Å². The van der Waals surface area contributed by atoms with Crippen LogP contribution in [0.5, 0.6) is 0 Å². The number of aromatic nitrogens is 3. The first-order valence-corrected chi connectivity index (χ1v) is 13.7. The minimum Gasteiger partial charge on any atom is -0.352 e. The second kappa shape index (κ2) is 10.2. The third-order valence-electron chi connectivity index (χ3n) is 7.98. The normalized spacial score (nSPS) is 26.9. The standard InChI is InChI=1S/C26H37N5OS/c1-18(23-16-20-11-12-21(23)15-20)27-25(32)19(2)33-26-29-28-24(17-30-13-7-4-8-14-30)31(26)22-9-5-3-6-10-22/h3,5-6,9-10,18-21,23H,4,7-8,11-17H2,1-2H3,(H,27,32). The summed E-state index contributed by atoms with van der Waals surface area (Å²) in [5, 5.41) is 13.0. The maximum absolute atomic E-state index is 13.1. The lowest BCUT2D eigenvalue weighted by Crippen LogP contribution is -2.43. The molecule has 33 heavy (non-hydrogen) atoms. The second-order valence-corrected chi connectivity index (χ2v) is 11.6. The summed E-state index contributed by atoms with van der Waals surface area (Å²) in [6, 6.07) is 10.5. The van der Waals surface area contributed by atoms with E-state index in [0.717, 1.165) is 48.1 Å². The van der Waals surface area contributed by atoms with Crippen molar-refractivity contribution in [3.8, 4) is 5.69 Å². The van der Waals surface area contributed by atoms with Gasteiger partial charge < -0.3 is 5.32 Å². The Morgan fingerprint density at radius 3 is 2.58 bits per heavy atom. The molecule has 1 aromatic heterocycles. The van der Waals surface area contributed by atoms with Crippen LogP contribution in [0.15, 0.2) is 35.5 Å². The average Bonchev–Trinajstić information content (AvgIpc) is 3.57. The van der Waals surface area contributed by atoms with Gasteiger partial charge in [-0.25, -0.2) is 0 Å². The number of para-hydroxylation sites is 1. The van der Waals surface area contributed by atoms with Crippen LogP contribution in [0.2, 0.25) is 0 Å². The van der Waals surface area contributed by atoms with Crippen LogP contribution >= 0.6 is 11.8 Å². The zero-order valence-corrected chi connectivity index (χ0v) is 20.8. The molecule has 5 rings (SSSR count). The maximum atomic E-state index is 13.1. The summed E-state index contributed by atoms with van der Waals surface area (Å²) in [6.07, 6.45) is 9.21. The molecule has 0 spiro atoms. The Kier molecular flexibility index (Phi) is 7.07. The summed E-state index contributed by atoms with van der Waals surface area (Å²) >= 11 is 1.51. The number of rotatable bonds is 8. The molecular weight excluding hydrogens is 430 g/mol. The van der Waals surface area contributed by atoms with Crippen molar-refractivity contribution >= 4 is 17.7 Å². The highest BCUT2D eigenvalue weighted by Gasteiger charge is 2.42. The Balaban J connectivity index is 1.28. The fraction of sp³-hybridized carbons (Fsp3) is 0.654. The molecule has 3 fully saturated rings. The van der Waals surface area contributed by atoms with Crippen molar-refractivity contribution in [2.45, 2.75) is 81.8 Å². The van der Waals surface area contributed by atoms with Crippen LogP contribution in [0, 0.1) is 17.8 Å². The highest BCUT2D eigenvalue weighted by Crippen LogP contribution is 2.49. The van der Waals surface area contributed by atoms with Gasteiger partial charge in [-0.15, -0.1) is 10.2 Å². The van der Waals surface area contributed by atoms with Gasteiger partial charge in [-0.1, -0.05) is 42.8 Å². The Morgan fingerprint density at radius 2 is 1.88 bits per heavy atom. The number of likely N-dealkylation sites (tertiary alicyclic amines) is 1. The molecule has 5 unspecified atom stereocenters. The van der Waals surface area contributed by atoms with Gasteiger partial charge in [0.2, 0.25) is 5.91 Å². The zero-order valence-electron chi connectivity index (χ0n) is 19.9. The fourth-order valence-electron chi connectivity index (χ4n) is 6.20. The predicted molar refractivity (Wildman–Crippen MR) is 132 cm³/mol. The van der Waals surface area contributed by atoms with E-state index >= 15 is 0 Å². The number of fused-ring (bicyclic) bond motifs is 2. The largest absolute Gasteiger partial charge is 0.352 e. The molecule has 3 aliphatic rings. The molecular formula is C26H37N5OS. The van der Waals surface area contributed by atoms with Gasteiger partial charge in [0.25, 0.3) is 0 Å². The summed E-state index contributed by atoms with van der Waals surface area (Å²) in [6.45, 7) is 7.21. The van der Waals surface area contributed by atoms with Gasteiger partial charge in [0, 0.05) is 11.7 Å². The van der Waals surface area contributed by atoms with E-state index in [4.69, 9.17) is 0 Å². The highest BCUT2D eigenvalue weighted by molar-refractivity contribution is 8.00. The van der Waals surface area contributed by atoms with E-state index in [2.05, 4.69) is 44.0 Å². The summed E-state index contributed by atoms with van der Waals surface area (Å²) in [7, 11) is 0. The SMILES string of the molecule is CC(Sc1nnc(CN2CCCCC2)n1-c1ccccc1)C(=O)NC(C)C1CC2CCC1C2. The molecule has 6 nitrogen and oxygen atoms in total. The lowest BCUT2D eigenvalue weighted by Gasteiger charge is -2.29. The molecule has 2 bridgehead atoms. The smallest absolute Gasteiger partial charge is 0.233 e. The summed E-state index contributed by atoms with van der Waals surface area (Å²) < 4.78 is 2.14. The number of nitrogens with zero attached hydrogens (tertiary/aromatic N) is 4. The van der Waals surface area contributed by atoms with Crippen molar-refractivity contribution < 1.29 is 4.79 Å².